The van der Waals surface area contributed by atoms with Gasteiger partial charge in [-0.25, -0.2) is 8.78 Å². The molecule has 1 aromatic heterocycles. The van der Waals surface area contributed by atoms with E-state index in [1.54, 1.807) is 6.92 Å². The van der Waals surface area contributed by atoms with Gasteiger partial charge in [-0.15, -0.1) is 0 Å². The van der Waals surface area contributed by atoms with E-state index in [0.29, 0.717) is 5.39 Å². The van der Waals surface area contributed by atoms with Gasteiger partial charge in [-0.1, -0.05) is 0 Å². The van der Waals surface area contributed by atoms with Crippen LogP contribution in [0.25, 0.3) is 11.0 Å². The van der Waals surface area contributed by atoms with E-state index >= 15 is 0 Å². The molecule has 128 valence electrons. The molecule has 0 saturated carbocycles. The third-order valence-electron chi connectivity index (χ3n) is 4.22. The fraction of sp³-hybridized carbons (Fsp3) is 0.158. The molecule has 0 aliphatic rings. The summed E-state index contributed by atoms with van der Waals surface area (Å²) >= 11 is 0. The molecule has 4 nitrogen and oxygen atoms in total. The smallest absolute Gasteiger partial charge is 0.254 e. The van der Waals surface area contributed by atoms with Crippen LogP contribution in [-0.2, 0) is 0 Å². The molecule has 1 unspecified atom stereocenters. The van der Waals surface area contributed by atoms with Crippen molar-refractivity contribution in [3.05, 3.63) is 81.7 Å². The third-order valence-corrected chi connectivity index (χ3v) is 4.22. The van der Waals surface area contributed by atoms with Crippen LogP contribution in [0.4, 0.5) is 8.78 Å². The maximum absolute atomic E-state index is 13.9. The Hall–Kier alpha value is -3.02. The van der Waals surface area contributed by atoms with Crippen LogP contribution in [-0.4, -0.2) is 17.9 Å². The van der Waals surface area contributed by atoms with Gasteiger partial charge in [0.15, 0.2) is 5.43 Å². The van der Waals surface area contributed by atoms with E-state index in [1.807, 2.05) is 0 Å². The molecule has 1 atom stereocenters. The second-order valence-corrected chi connectivity index (χ2v) is 5.75. The van der Waals surface area contributed by atoms with Crippen molar-refractivity contribution in [2.45, 2.75) is 13.0 Å². The number of nitrogens with zero attached hydrogens (tertiary/aromatic N) is 1. The lowest BCUT2D eigenvalue weighted by Crippen LogP contribution is -2.30. The van der Waals surface area contributed by atoms with E-state index in [0.717, 1.165) is 18.2 Å². The number of hydrogen-bond donors (Lipinski definition) is 0. The van der Waals surface area contributed by atoms with Crippen molar-refractivity contribution >= 4 is 16.9 Å². The number of carbonyl (C=O) groups excluding carboxylic acids is 1. The van der Waals surface area contributed by atoms with Gasteiger partial charge in [-0.2, -0.15) is 0 Å². The Bertz CT molecular complexity index is 1010. The van der Waals surface area contributed by atoms with Crippen molar-refractivity contribution in [3.8, 4) is 0 Å². The Morgan fingerprint density at radius 2 is 1.88 bits per heavy atom. The van der Waals surface area contributed by atoms with E-state index in [2.05, 4.69) is 0 Å². The summed E-state index contributed by atoms with van der Waals surface area (Å²) in [5.41, 5.74) is 0.455. The summed E-state index contributed by atoms with van der Waals surface area (Å²) in [6.07, 6.45) is 1.26. The van der Waals surface area contributed by atoms with Crippen LogP contribution in [0.2, 0.25) is 0 Å². The van der Waals surface area contributed by atoms with Gasteiger partial charge in [-0.05, 0) is 43.3 Å². The molecule has 6 heteroatoms. The van der Waals surface area contributed by atoms with Crippen molar-refractivity contribution in [1.29, 1.82) is 0 Å². The zero-order chi connectivity index (χ0) is 18.1. The van der Waals surface area contributed by atoms with Crippen molar-refractivity contribution in [2.75, 3.05) is 7.05 Å². The number of fused-ring (bicyclic) bond motifs is 1. The largest absolute Gasteiger partial charge is 0.464 e. The minimum absolute atomic E-state index is 0.0863. The van der Waals surface area contributed by atoms with Crippen LogP contribution < -0.4 is 5.43 Å². The molecule has 25 heavy (non-hydrogen) atoms. The highest BCUT2D eigenvalue weighted by atomic mass is 19.1. The monoisotopic (exact) mass is 343 g/mol. The average molecular weight is 343 g/mol. The summed E-state index contributed by atoms with van der Waals surface area (Å²) in [6, 6.07) is 8.23. The molecular weight excluding hydrogens is 328 g/mol. The zero-order valence-corrected chi connectivity index (χ0v) is 13.6. The number of benzene rings is 2. The lowest BCUT2D eigenvalue weighted by Gasteiger charge is -2.26. The normalized spacial score (nSPS) is 12.2. The Morgan fingerprint density at radius 3 is 2.64 bits per heavy atom. The van der Waals surface area contributed by atoms with Gasteiger partial charge in [-0.3, -0.25) is 9.59 Å². The Labute approximate surface area is 142 Å². The van der Waals surface area contributed by atoms with E-state index in [9.17, 15) is 18.4 Å². The number of halogens is 2. The maximum atomic E-state index is 13.9. The first-order chi connectivity index (χ1) is 11.9. The van der Waals surface area contributed by atoms with Gasteiger partial charge in [0.1, 0.15) is 17.2 Å². The Balaban J connectivity index is 1.94. The first-order valence-corrected chi connectivity index (χ1v) is 7.62. The quantitative estimate of drug-likeness (QED) is 0.725. The Kier molecular flexibility index (Phi) is 4.35. The second kappa shape index (κ2) is 6.47. The molecule has 3 rings (SSSR count). The Morgan fingerprint density at radius 1 is 1.12 bits per heavy atom. The minimum Gasteiger partial charge on any atom is -0.464 e. The molecular formula is C19H15F2NO3. The molecule has 0 bridgehead atoms. The van der Waals surface area contributed by atoms with Gasteiger partial charge in [0, 0.05) is 24.2 Å². The fourth-order valence-corrected chi connectivity index (χ4v) is 2.64. The lowest BCUT2D eigenvalue weighted by molar-refractivity contribution is 0.0740. The van der Waals surface area contributed by atoms with Crippen molar-refractivity contribution < 1.29 is 18.0 Å². The summed E-state index contributed by atoms with van der Waals surface area (Å²) in [5.74, 6) is -1.56. The minimum atomic E-state index is -0.679. The van der Waals surface area contributed by atoms with E-state index in [-0.39, 0.29) is 22.1 Å². The highest BCUT2D eigenvalue weighted by Gasteiger charge is 2.22. The van der Waals surface area contributed by atoms with E-state index in [4.69, 9.17) is 4.42 Å². The lowest BCUT2D eigenvalue weighted by atomic mass is 10.0. The van der Waals surface area contributed by atoms with Crippen molar-refractivity contribution in [2.24, 2.45) is 0 Å². The SMILES string of the molecule is CC(c1cc(F)ccc1F)N(C)C(=O)c1ccc2c(=O)ccoc2c1. The standard InChI is InChI=1S/C19H15F2NO3/c1-11(15-10-13(20)4-6-16(15)21)22(2)19(24)12-3-5-14-17(23)7-8-25-18(14)9-12/h3-11H,1-2H3. The summed E-state index contributed by atoms with van der Waals surface area (Å²) in [7, 11) is 1.50. The molecule has 0 fully saturated rings. The molecule has 1 heterocycles. The van der Waals surface area contributed by atoms with Gasteiger partial charge < -0.3 is 9.32 Å². The third kappa shape index (κ3) is 3.15. The predicted molar refractivity (Wildman–Crippen MR) is 89.4 cm³/mol. The highest BCUT2D eigenvalue weighted by Crippen LogP contribution is 2.25. The number of rotatable bonds is 3. The summed E-state index contributed by atoms with van der Waals surface area (Å²) in [6.45, 7) is 1.61. The summed E-state index contributed by atoms with van der Waals surface area (Å²) in [5, 5.41) is 0.367. The van der Waals surface area contributed by atoms with Gasteiger partial charge in [0.2, 0.25) is 0 Å². The molecule has 0 N–H and O–H groups in total. The average Bonchev–Trinajstić information content (AvgIpc) is 2.61. The second-order valence-electron chi connectivity index (χ2n) is 5.75. The molecule has 0 aliphatic heterocycles. The van der Waals surface area contributed by atoms with Crippen LogP contribution in [0.5, 0.6) is 0 Å². The molecule has 0 saturated heterocycles. The maximum Gasteiger partial charge on any atom is 0.254 e. The molecule has 0 spiro atoms. The molecule has 1 amide bonds. The van der Waals surface area contributed by atoms with Crippen LogP contribution >= 0.6 is 0 Å². The zero-order valence-electron chi connectivity index (χ0n) is 13.6. The van der Waals surface area contributed by atoms with Gasteiger partial charge in [0.25, 0.3) is 5.91 Å². The number of amides is 1. The van der Waals surface area contributed by atoms with Crippen LogP contribution in [0.1, 0.15) is 28.9 Å². The van der Waals surface area contributed by atoms with Crippen molar-refractivity contribution in [3.63, 3.8) is 0 Å². The fourth-order valence-electron chi connectivity index (χ4n) is 2.64. The van der Waals surface area contributed by atoms with E-state index < -0.39 is 23.6 Å². The van der Waals surface area contributed by atoms with Crippen LogP contribution in [0.15, 0.2) is 57.9 Å². The molecule has 2 aromatic carbocycles. The summed E-state index contributed by atoms with van der Waals surface area (Å²) < 4.78 is 32.6. The van der Waals surface area contributed by atoms with Crippen LogP contribution in [0, 0.1) is 11.6 Å². The first kappa shape index (κ1) is 16.8. The predicted octanol–water partition coefficient (Wildman–Crippen LogP) is 3.90. The van der Waals surface area contributed by atoms with Crippen LogP contribution in [0.3, 0.4) is 0 Å². The first-order valence-electron chi connectivity index (χ1n) is 7.62. The molecule has 0 aliphatic carbocycles. The highest BCUT2D eigenvalue weighted by molar-refractivity contribution is 5.97. The van der Waals surface area contributed by atoms with Gasteiger partial charge in [0.05, 0.1) is 17.7 Å². The molecule has 0 radical (unpaired) electrons. The summed E-state index contributed by atoms with van der Waals surface area (Å²) in [4.78, 5) is 25.7. The molecule has 3 aromatic rings. The number of carbonyl (C=O) groups is 1. The van der Waals surface area contributed by atoms with Crippen molar-refractivity contribution in [1.82, 2.24) is 4.90 Å². The van der Waals surface area contributed by atoms with E-state index in [1.165, 1.54) is 42.5 Å². The van der Waals surface area contributed by atoms with Gasteiger partial charge >= 0.3 is 0 Å². The number of hydrogen-bond acceptors (Lipinski definition) is 3. The topological polar surface area (TPSA) is 50.5 Å².